The fourth-order valence-electron chi connectivity index (χ4n) is 2.25. The van der Waals surface area contributed by atoms with Gasteiger partial charge in [0.2, 0.25) is 0 Å². The van der Waals surface area contributed by atoms with Crippen molar-refractivity contribution in [2.24, 2.45) is 0 Å². The molecule has 3 rings (SSSR count). The minimum Gasteiger partial charge on any atom is -0.497 e. The Kier molecular flexibility index (Phi) is 3.29. The van der Waals surface area contributed by atoms with Crippen molar-refractivity contribution in [1.29, 1.82) is 0 Å². The quantitative estimate of drug-likeness (QED) is 0.911. The van der Waals surface area contributed by atoms with Gasteiger partial charge in [-0.15, -0.1) is 0 Å². The number of hydrogen-bond acceptors (Lipinski definition) is 3. The predicted molar refractivity (Wildman–Crippen MR) is 75.1 cm³/mol. The highest BCUT2D eigenvalue weighted by Gasteiger charge is 2.23. The third-order valence-electron chi connectivity index (χ3n) is 3.36. The maximum atomic E-state index is 12.2. The smallest absolute Gasteiger partial charge is 0.255 e. The van der Waals surface area contributed by atoms with Crippen LogP contribution < -0.4 is 14.8 Å². The maximum absolute atomic E-state index is 12.2. The Balaban J connectivity index is 1.85. The van der Waals surface area contributed by atoms with Gasteiger partial charge in [-0.1, -0.05) is 24.3 Å². The number of amides is 1. The van der Waals surface area contributed by atoms with Gasteiger partial charge in [0.15, 0.2) is 0 Å². The van der Waals surface area contributed by atoms with E-state index in [4.69, 9.17) is 9.47 Å². The van der Waals surface area contributed by atoms with Crippen molar-refractivity contribution in [3.63, 3.8) is 0 Å². The summed E-state index contributed by atoms with van der Waals surface area (Å²) in [4.78, 5) is 12.2. The van der Waals surface area contributed by atoms with E-state index in [1.54, 1.807) is 13.2 Å². The number of fused-ring (bicyclic) bond motifs is 1. The third kappa shape index (κ3) is 2.32. The molecule has 1 amide bonds. The van der Waals surface area contributed by atoms with Gasteiger partial charge in [-0.05, 0) is 29.8 Å². The van der Waals surface area contributed by atoms with E-state index in [0.29, 0.717) is 17.9 Å². The van der Waals surface area contributed by atoms with Gasteiger partial charge in [0.25, 0.3) is 5.91 Å². The monoisotopic (exact) mass is 269 g/mol. The molecule has 1 aliphatic rings. The van der Waals surface area contributed by atoms with Crippen LogP contribution in [0.25, 0.3) is 0 Å². The Morgan fingerprint density at radius 3 is 2.65 bits per heavy atom. The first-order valence-corrected chi connectivity index (χ1v) is 6.44. The lowest BCUT2D eigenvalue weighted by Gasteiger charge is -2.16. The number of carbonyl (C=O) groups excluding carboxylic acids is 1. The molecule has 1 aliphatic heterocycles. The van der Waals surface area contributed by atoms with E-state index in [9.17, 15) is 4.79 Å². The van der Waals surface area contributed by atoms with Crippen LogP contribution in [0.15, 0.2) is 48.5 Å². The van der Waals surface area contributed by atoms with Crippen LogP contribution in [0.5, 0.6) is 11.5 Å². The summed E-state index contributed by atoms with van der Waals surface area (Å²) < 4.78 is 10.9. The highest BCUT2D eigenvalue weighted by Crippen LogP contribution is 2.25. The van der Waals surface area contributed by atoms with Crippen LogP contribution in [0.1, 0.15) is 22.0 Å². The molecule has 0 saturated carbocycles. The number of methoxy groups -OCH3 is 1. The summed E-state index contributed by atoms with van der Waals surface area (Å²) in [5.41, 5.74) is 1.57. The van der Waals surface area contributed by atoms with E-state index < -0.39 is 0 Å². The summed E-state index contributed by atoms with van der Waals surface area (Å²) >= 11 is 0. The summed E-state index contributed by atoms with van der Waals surface area (Å²) in [6.45, 7) is 0.412. The zero-order chi connectivity index (χ0) is 13.9. The second-order valence-corrected chi connectivity index (χ2v) is 4.61. The molecule has 102 valence electrons. The number of hydrogen-bond donors (Lipinski definition) is 1. The summed E-state index contributed by atoms with van der Waals surface area (Å²) in [6, 6.07) is 14.7. The van der Waals surface area contributed by atoms with Crippen molar-refractivity contribution < 1.29 is 14.3 Å². The summed E-state index contributed by atoms with van der Waals surface area (Å²) in [6.07, 6.45) is 0. The molecule has 0 unspecified atom stereocenters. The van der Waals surface area contributed by atoms with Crippen LogP contribution >= 0.6 is 0 Å². The van der Waals surface area contributed by atoms with Crippen molar-refractivity contribution >= 4 is 5.91 Å². The third-order valence-corrected chi connectivity index (χ3v) is 3.36. The average molecular weight is 269 g/mol. The topological polar surface area (TPSA) is 47.6 Å². The fourth-order valence-corrected chi connectivity index (χ4v) is 2.25. The number of nitrogens with one attached hydrogen (secondary N) is 1. The Labute approximate surface area is 117 Å². The molecule has 1 atom stereocenters. The molecule has 2 aromatic carbocycles. The molecule has 0 radical (unpaired) electrons. The van der Waals surface area contributed by atoms with Crippen molar-refractivity contribution in [3.05, 3.63) is 59.7 Å². The van der Waals surface area contributed by atoms with Crippen molar-refractivity contribution in [2.75, 3.05) is 13.7 Å². The zero-order valence-corrected chi connectivity index (χ0v) is 11.1. The SMILES string of the molecule is COc1ccc([C@@H]2COc3ccccc3C(=O)N2)cc1. The van der Waals surface area contributed by atoms with Crippen molar-refractivity contribution in [2.45, 2.75) is 6.04 Å². The standard InChI is InChI=1S/C16H15NO3/c1-19-12-8-6-11(7-9-12)14-10-20-15-5-3-2-4-13(15)16(18)17-14/h2-9,14H,10H2,1H3,(H,17,18)/t14-/m0/s1. The number of ether oxygens (including phenoxy) is 2. The molecule has 0 aromatic heterocycles. The van der Waals surface area contributed by atoms with Crippen LogP contribution in [0.4, 0.5) is 0 Å². The number of benzene rings is 2. The number of para-hydroxylation sites is 1. The van der Waals surface area contributed by atoms with Crippen LogP contribution in [-0.4, -0.2) is 19.6 Å². The second-order valence-electron chi connectivity index (χ2n) is 4.61. The Hall–Kier alpha value is -2.49. The lowest BCUT2D eigenvalue weighted by molar-refractivity contribution is 0.0938. The molecule has 20 heavy (non-hydrogen) atoms. The normalized spacial score (nSPS) is 17.4. The van der Waals surface area contributed by atoms with Crippen LogP contribution in [-0.2, 0) is 0 Å². The molecule has 1 heterocycles. The Morgan fingerprint density at radius 1 is 1.15 bits per heavy atom. The Bertz CT molecular complexity index is 622. The molecule has 0 spiro atoms. The van der Waals surface area contributed by atoms with Gasteiger partial charge in [-0.3, -0.25) is 4.79 Å². The number of carbonyl (C=O) groups is 1. The first kappa shape index (κ1) is 12.5. The first-order chi connectivity index (χ1) is 9.78. The van der Waals surface area contributed by atoms with Gasteiger partial charge in [-0.25, -0.2) is 0 Å². The molecule has 0 aliphatic carbocycles. The Morgan fingerprint density at radius 2 is 1.90 bits per heavy atom. The highest BCUT2D eigenvalue weighted by atomic mass is 16.5. The number of rotatable bonds is 2. The highest BCUT2D eigenvalue weighted by molar-refractivity contribution is 5.97. The van der Waals surface area contributed by atoms with Crippen LogP contribution in [0.3, 0.4) is 0 Å². The van der Waals surface area contributed by atoms with Crippen molar-refractivity contribution in [1.82, 2.24) is 5.32 Å². The molecular formula is C16H15NO3. The lowest BCUT2D eigenvalue weighted by Crippen LogP contribution is -2.29. The molecular weight excluding hydrogens is 254 g/mol. The lowest BCUT2D eigenvalue weighted by atomic mass is 10.1. The van der Waals surface area contributed by atoms with Gasteiger partial charge >= 0.3 is 0 Å². The summed E-state index contributed by atoms with van der Waals surface area (Å²) in [5.74, 6) is 1.30. The van der Waals surface area contributed by atoms with Crippen molar-refractivity contribution in [3.8, 4) is 11.5 Å². The summed E-state index contributed by atoms with van der Waals surface area (Å²) in [5, 5.41) is 2.98. The van der Waals surface area contributed by atoms with Gasteiger partial charge < -0.3 is 14.8 Å². The van der Waals surface area contributed by atoms with Gasteiger partial charge in [0.05, 0.1) is 18.7 Å². The molecule has 0 saturated heterocycles. The molecule has 0 fully saturated rings. The second kappa shape index (κ2) is 5.25. The zero-order valence-electron chi connectivity index (χ0n) is 11.1. The van der Waals surface area contributed by atoms with E-state index >= 15 is 0 Å². The molecule has 1 N–H and O–H groups in total. The summed E-state index contributed by atoms with van der Waals surface area (Å²) in [7, 11) is 1.63. The van der Waals surface area contributed by atoms with Crippen LogP contribution in [0.2, 0.25) is 0 Å². The van der Waals surface area contributed by atoms with Crippen LogP contribution in [0, 0.1) is 0 Å². The fraction of sp³-hybridized carbons (Fsp3) is 0.188. The minimum atomic E-state index is -0.166. The van der Waals surface area contributed by atoms with E-state index in [1.807, 2.05) is 42.5 Å². The maximum Gasteiger partial charge on any atom is 0.255 e. The van der Waals surface area contributed by atoms with Gasteiger partial charge in [-0.2, -0.15) is 0 Å². The van der Waals surface area contributed by atoms with E-state index in [-0.39, 0.29) is 11.9 Å². The first-order valence-electron chi connectivity index (χ1n) is 6.44. The van der Waals surface area contributed by atoms with E-state index in [1.165, 1.54) is 0 Å². The van der Waals surface area contributed by atoms with Gasteiger partial charge in [0, 0.05) is 0 Å². The average Bonchev–Trinajstić information content (AvgIpc) is 2.67. The van der Waals surface area contributed by atoms with E-state index in [2.05, 4.69) is 5.32 Å². The molecule has 0 bridgehead atoms. The molecule has 2 aromatic rings. The van der Waals surface area contributed by atoms with Gasteiger partial charge in [0.1, 0.15) is 18.1 Å². The minimum absolute atomic E-state index is 0.112. The predicted octanol–water partition coefficient (Wildman–Crippen LogP) is 2.56. The molecule has 4 heteroatoms. The van der Waals surface area contributed by atoms with E-state index in [0.717, 1.165) is 11.3 Å². The molecule has 4 nitrogen and oxygen atoms in total. The largest absolute Gasteiger partial charge is 0.497 e.